The number of benzene rings is 2. The van der Waals surface area contributed by atoms with Gasteiger partial charge < -0.3 is 9.72 Å². The third kappa shape index (κ3) is 1.77. The van der Waals surface area contributed by atoms with Crippen LogP contribution < -0.4 is 10.3 Å². The Hall–Kier alpha value is -3.15. The molecule has 0 saturated heterocycles. The number of H-pyrrole nitrogens is 1. The lowest BCUT2D eigenvalue weighted by atomic mass is 10.2. The van der Waals surface area contributed by atoms with Crippen molar-refractivity contribution in [3.63, 3.8) is 0 Å². The minimum atomic E-state index is -0.258. The van der Waals surface area contributed by atoms with Gasteiger partial charge in [0, 0.05) is 5.56 Å². The maximum atomic E-state index is 12.1. The second-order valence-electron chi connectivity index (χ2n) is 4.88. The molecule has 2 aromatic carbocycles. The second-order valence-corrected chi connectivity index (χ2v) is 4.88. The van der Waals surface area contributed by atoms with Crippen molar-refractivity contribution < 1.29 is 4.74 Å². The number of ether oxygens (including phenoxy) is 1. The molecule has 0 aliphatic rings. The van der Waals surface area contributed by atoms with E-state index in [1.54, 1.807) is 11.5 Å². The quantitative estimate of drug-likeness (QED) is 0.615. The molecule has 0 aliphatic carbocycles. The zero-order valence-electron chi connectivity index (χ0n) is 11.8. The van der Waals surface area contributed by atoms with Gasteiger partial charge in [0.05, 0.1) is 18.1 Å². The first-order valence-corrected chi connectivity index (χ1v) is 6.78. The standard InChI is InChI=1S/C16H12N4O2/c1-22-11-8-6-10(7-9-11)14-18-19-15-16(21)17-12-4-2-3-5-13(12)20(14)15/h2-9H,1H3,(H,17,21). The molecule has 0 fully saturated rings. The summed E-state index contributed by atoms with van der Waals surface area (Å²) in [6.45, 7) is 0. The third-order valence-electron chi connectivity index (χ3n) is 3.61. The molecule has 2 aromatic heterocycles. The molecule has 0 unspecified atom stereocenters. The van der Waals surface area contributed by atoms with Crippen molar-refractivity contribution in [2.45, 2.75) is 0 Å². The molecule has 6 heteroatoms. The first-order chi connectivity index (χ1) is 10.8. The smallest absolute Gasteiger partial charge is 0.294 e. The fraction of sp³-hybridized carbons (Fsp3) is 0.0625. The molecule has 22 heavy (non-hydrogen) atoms. The molecule has 0 amide bonds. The van der Waals surface area contributed by atoms with Crippen LogP contribution in [0.1, 0.15) is 0 Å². The summed E-state index contributed by atoms with van der Waals surface area (Å²) in [5.41, 5.74) is 2.49. The number of hydrogen-bond donors (Lipinski definition) is 1. The Kier molecular flexibility index (Phi) is 2.69. The third-order valence-corrected chi connectivity index (χ3v) is 3.61. The van der Waals surface area contributed by atoms with Crippen LogP contribution >= 0.6 is 0 Å². The van der Waals surface area contributed by atoms with Gasteiger partial charge in [0.2, 0.25) is 5.65 Å². The van der Waals surface area contributed by atoms with Crippen molar-refractivity contribution in [3.05, 3.63) is 58.9 Å². The normalized spacial score (nSPS) is 11.1. The van der Waals surface area contributed by atoms with Crippen LogP contribution in [-0.4, -0.2) is 26.7 Å². The molecule has 0 spiro atoms. The van der Waals surface area contributed by atoms with Gasteiger partial charge in [-0.05, 0) is 36.4 Å². The SMILES string of the molecule is COc1ccc(-c2nnc3c(=O)[nH]c4ccccc4n23)cc1. The zero-order valence-corrected chi connectivity index (χ0v) is 11.8. The molecule has 0 saturated carbocycles. The lowest BCUT2D eigenvalue weighted by Gasteiger charge is -2.05. The zero-order chi connectivity index (χ0) is 15.1. The highest BCUT2D eigenvalue weighted by atomic mass is 16.5. The number of aromatic nitrogens is 4. The van der Waals surface area contributed by atoms with Crippen LogP contribution in [0.5, 0.6) is 5.75 Å². The van der Waals surface area contributed by atoms with E-state index in [-0.39, 0.29) is 11.2 Å². The van der Waals surface area contributed by atoms with Gasteiger partial charge in [-0.25, -0.2) is 0 Å². The summed E-state index contributed by atoms with van der Waals surface area (Å²) < 4.78 is 6.94. The summed E-state index contributed by atoms with van der Waals surface area (Å²) in [7, 11) is 1.62. The number of aromatic amines is 1. The van der Waals surface area contributed by atoms with Crippen LogP contribution in [0.2, 0.25) is 0 Å². The molecule has 4 aromatic rings. The Labute approximate surface area is 125 Å². The largest absolute Gasteiger partial charge is 0.497 e. The number of rotatable bonds is 2. The van der Waals surface area contributed by atoms with E-state index >= 15 is 0 Å². The molecule has 0 radical (unpaired) electrons. The van der Waals surface area contributed by atoms with Crippen molar-refractivity contribution in [3.8, 4) is 17.1 Å². The number of methoxy groups -OCH3 is 1. The van der Waals surface area contributed by atoms with E-state index in [1.165, 1.54) is 0 Å². The molecule has 0 aliphatic heterocycles. The summed E-state index contributed by atoms with van der Waals surface area (Å²) in [4.78, 5) is 15.0. The van der Waals surface area contributed by atoms with E-state index in [4.69, 9.17) is 4.74 Å². The maximum Gasteiger partial charge on any atom is 0.294 e. The molecular weight excluding hydrogens is 280 g/mol. The lowest BCUT2D eigenvalue weighted by molar-refractivity contribution is 0.415. The van der Waals surface area contributed by atoms with Gasteiger partial charge in [-0.1, -0.05) is 12.1 Å². The highest BCUT2D eigenvalue weighted by Gasteiger charge is 2.13. The summed E-state index contributed by atoms with van der Waals surface area (Å²) in [6.07, 6.45) is 0. The number of nitrogens with zero attached hydrogens (tertiary/aromatic N) is 3. The molecule has 4 rings (SSSR count). The minimum absolute atomic E-state index is 0.258. The van der Waals surface area contributed by atoms with Gasteiger partial charge in [-0.15, -0.1) is 10.2 Å². The van der Waals surface area contributed by atoms with Gasteiger partial charge in [0.25, 0.3) is 5.56 Å². The molecule has 0 bridgehead atoms. The number of nitrogens with one attached hydrogen (secondary N) is 1. The monoisotopic (exact) mass is 292 g/mol. The van der Waals surface area contributed by atoms with E-state index in [2.05, 4.69) is 15.2 Å². The molecule has 0 atom stereocenters. The summed E-state index contributed by atoms with van der Waals surface area (Å²) in [5.74, 6) is 1.39. The Bertz CT molecular complexity index is 1030. The Morgan fingerprint density at radius 1 is 1.05 bits per heavy atom. The number of fused-ring (bicyclic) bond motifs is 3. The van der Waals surface area contributed by atoms with Gasteiger partial charge in [-0.3, -0.25) is 9.20 Å². The summed E-state index contributed by atoms with van der Waals surface area (Å²) >= 11 is 0. The molecule has 2 heterocycles. The average Bonchev–Trinajstić information content (AvgIpc) is 3.01. The van der Waals surface area contributed by atoms with Gasteiger partial charge in [-0.2, -0.15) is 0 Å². The van der Waals surface area contributed by atoms with E-state index in [1.807, 2.05) is 48.5 Å². The minimum Gasteiger partial charge on any atom is -0.497 e. The fourth-order valence-electron chi connectivity index (χ4n) is 2.54. The summed E-state index contributed by atoms with van der Waals surface area (Å²) in [5, 5.41) is 8.21. The Morgan fingerprint density at radius 3 is 2.59 bits per heavy atom. The maximum absolute atomic E-state index is 12.1. The molecular formula is C16H12N4O2. The van der Waals surface area contributed by atoms with Crippen LogP contribution in [-0.2, 0) is 0 Å². The highest BCUT2D eigenvalue weighted by molar-refractivity contribution is 5.79. The molecule has 6 nitrogen and oxygen atoms in total. The second kappa shape index (κ2) is 4.70. The molecule has 1 N–H and O–H groups in total. The first kappa shape index (κ1) is 12.6. The van der Waals surface area contributed by atoms with E-state index in [0.717, 1.165) is 22.3 Å². The van der Waals surface area contributed by atoms with Gasteiger partial charge in [0.15, 0.2) is 5.82 Å². The topological polar surface area (TPSA) is 72.3 Å². The van der Waals surface area contributed by atoms with E-state index in [0.29, 0.717) is 5.82 Å². The van der Waals surface area contributed by atoms with Crippen LogP contribution in [0.15, 0.2) is 53.3 Å². The predicted octanol–water partition coefficient (Wildman–Crippen LogP) is 2.25. The number of para-hydroxylation sites is 2. The Balaban J connectivity index is 2.07. The van der Waals surface area contributed by atoms with Crippen molar-refractivity contribution in [2.75, 3.05) is 7.11 Å². The van der Waals surface area contributed by atoms with Gasteiger partial charge >= 0.3 is 0 Å². The van der Waals surface area contributed by atoms with Crippen molar-refractivity contribution in [1.82, 2.24) is 19.6 Å². The molecule has 108 valence electrons. The van der Waals surface area contributed by atoms with Gasteiger partial charge in [0.1, 0.15) is 5.75 Å². The average molecular weight is 292 g/mol. The first-order valence-electron chi connectivity index (χ1n) is 6.78. The highest BCUT2D eigenvalue weighted by Crippen LogP contribution is 2.23. The van der Waals surface area contributed by atoms with Crippen LogP contribution in [0, 0.1) is 0 Å². The van der Waals surface area contributed by atoms with Crippen molar-refractivity contribution in [1.29, 1.82) is 0 Å². The van der Waals surface area contributed by atoms with Crippen molar-refractivity contribution in [2.24, 2.45) is 0 Å². The Morgan fingerprint density at radius 2 is 1.82 bits per heavy atom. The van der Waals surface area contributed by atoms with Crippen LogP contribution in [0.4, 0.5) is 0 Å². The fourth-order valence-corrected chi connectivity index (χ4v) is 2.54. The van der Waals surface area contributed by atoms with Crippen LogP contribution in [0.25, 0.3) is 28.1 Å². The van der Waals surface area contributed by atoms with Crippen LogP contribution in [0.3, 0.4) is 0 Å². The van der Waals surface area contributed by atoms with E-state index in [9.17, 15) is 4.79 Å². The van der Waals surface area contributed by atoms with E-state index < -0.39 is 0 Å². The predicted molar refractivity (Wildman–Crippen MR) is 83.1 cm³/mol. The number of hydrogen-bond acceptors (Lipinski definition) is 4. The van der Waals surface area contributed by atoms with Crippen molar-refractivity contribution >= 4 is 16.7 Å². The lowest BCUT2D eigenvalue weighted by Crippen LogP contribution is -2.11. The summed E-state index contributed by atoms with van der Waals surface area (Å²) in [6, 6.07) is 15.1.